The predicted octanol–water partition coefficient (Wildman–Crippen LogP) is 2.17. The van der Waals surface area contributed by atoms with E-state index in [1.54, 1.807) is 21.3 Å². The summed E-state index contributed by atoms with van der Waals surface area (Å²) in [4.78, 5) is 0. The van der Waals surface area contributed by atoms with Gasteiger partial charge in [-0.05, 0) is 16.8 Å². The Hall–Kier alpha value is -1.94. The number of hydrogen-bond donors (Lipinski definition) is 0. The summed E-state index contributed by atoms with van der Waals surface area (Å²) in [6, 6.07) is 12.0. The average Bonchev–Trinajstić information content (AvgIpc) is 2.46. The van der Waals surface area contributed by atoms with Gasteiger partial charge in [0, 0.05) is 5.56 Å². The lowest BCUT2D eigenvalue weighted by Gasteiger charge is -2.18. The monoisotopic (exact) mass is 271 g/mol. The third-order valence-corrected chi connectivity index (χ3v) is 3.26. The zero-order chi connectivity index (χ0) is 13.8. The molecule has 0 amide bonds. The molecule has 0 bridgehead atoms. The summed E-state index contributed by atoms with van der Waals surface area (Å²) in [6.45, 7) is 0. The fourth-order valence-corrected chi connectivity index (χ4v) is 2.41. The fourth-order valence-electron chi connectivity index (χ4n) is 2.05. The molecule has 4 heteroatoms. The van der Waals surface area contributed by atoms with Crippen LogP contribution in [0.1, 0.15) is 0 Å². The van der Waals surface area contributed by atoms with E-state index < -0.39 is 0 Å². The van der Waals surface area contributed by atoms with Gasteiger partial charge >= 0.3 is 0 Å². The zero-order valence-corrected chi connectivity index (χ0v) is 12.2. The number of benzene rings is 2. The molecule has 0 saturated heterocycles. The predicted molar refractivity (Wildman–Crippen MR) is 76.9 cm³/mol. The second-order valence-corrected chi connectivity index (χ2v) is 4.48. The lowest BCUT2D eigenvalue weighted by molar-refractivity contribution is 0.327. The maximum Gasteiger partial charge on any atom is 0.203 e. The number of ether oxygens (including phenoxy) is 3. The van der Waals surface area contributed by atoms with E-state index in [9.17, 15) is 0 Å². The van der Waals surface area contributed by atoms with Crippen LogP contribution in [0, 0.1) is 0 Å². The van der Waals surface area contributed by atoms with Crippen molar-refractivity contribution in [2.45, 2.75) is 0 Å². The van der Waals surface area contributed by atoms with Gasteiger partial charge in [-0.15, -0.1) is 0 Å². The standard InChI is InChI=1S/C15H15O3Si/c1-16-13-11(10-7-5-4-6-8-10)9-12(19)14(17-2)15(13)18-3/h4-9H,1-3H3. The molecule has 2 aromatic rings. The van der Waals surface area contributed by atoms with Crippen LogP contribution in [-0.4, -0.2) is 31.6 Å². The summed E-state index contributed by atoms with van der Waals surface area (Å²) in [6.07, 6.45) is 0. The molecule has 0 aliphatic rings. The summed E-state index contributed by atoms with van der Waals surface area (Å²) in [5, 5.41) is 0.819. The minimum Gasteiger partial charge on any atom is -0.493 e. The summed E-state index contributed by atoms with van der Waals surface area (Å²) in [5.74, 6) is 1.86. The van der Waals surface area contributed by atoms with E-state index in [1.165, 1.54) is 0 Å². The van der Waals surface area contributed by atoms with Crippen LogP contribution >= 0.6 is 0 Å². The Morgan fingerprint density at radius 1 is 0.789 bits per heavy atom. The molecule has 0 atom stereocenters. The van der Waals surface area contributed by atoms with Crippen molar-refractivity contribution >= 4 is 15.4 Å². The second kappa shape index (κ2) is 5.80. The van der Waals surface area contributed by atoms with Crippen LogP contribution in [0.3, 0.4) is 0 Å². The van der Waals surface area contributed by atoms with Gasteiger partial charge in [0.05, 0.1) is 31.6 Å². The first-order valence-electron chi connectivity index (χ1n) is 5.83. The Morgan fingerprint density at radius 3 is 1.89 bits per heavy atom. The van der Waals surface area contributed by atoms with Gasteiger partial charge in [0.2, 0.25) is 5.75 Å². The van der Waals surface area contributed by atoms with Crippen molar-refractivity contribution in [2.24, 2.45) is 0 Å². The third kappa shape index (κ3) is 2.44. The molecule has 3 nitrogen and oxygen atoms in total. The van der Waals surface area contributed by atoms with Crippen LogP contribution in [0.4, 0.5) is 0 Å². The Bertz CT molecular complexity index is 567. The first-order chi connectivity index (χ1) is 9.22. The zero-order valence-electron chi connectivity index (χ0n) is 11.2. The molecule has 0 spiro atoms. The Kier molecular flexibility index (Phi) is 4.12. The lowest BCUT2D eigenvalue weighted by Crippen LogP contribution is -2.11. The van der Waals surface area contributed by atoms with Crippen molar-refractivity contribution in [3.63, 3.8) is 0 Å². The van der Waals surface area contributed by atoms with Gasteiger partial charge in [-0.3, -0.25) is 0 Å². The summed E-state index contributed by atoms with van der Waals surface area (Å²) >= 11 is 0. The average molecular weight is 271 g/mol. The van der Waals surface area contributed by atoms with Gasteiger partial charge in [0.15, 0.2) is 11.5 Å². The van der Waals surface area contributed by atoms with Gasteiger partial charge in [0.25, 0.3) is 0 Å². The van der Waals surface area contributed by atoms with Crippen LogP contribution in [0.2, 0.25) is 0 Å². The van der Waals surface area contributed by atoms with Gasteiger partial charge < -0.3 is 14.2 Å². The highest BCUT2D eigenvalue weighted by Crippen LogP contribution is 2.42. The molecular weight excluding hydrogens is 256 g/mol. The van der Waals surface area contributed by atoms with Gasteiger partial charge in [-0.25, -0.2) is 0 Å². The molecule has 0 aromatic heterocycles. The molecule has 19 heavy (non-hydrogen) atoms. The van der Waals surface area contributed by atoms with Crippen LogP contribution in [0.5, 0.6) is 17.2 Å². The van der Waals surface area contributed by atoms with E-state index in [1.807, 2.05) is 36.4 Å². The van der Waals surface area contributed by atoms with Crippen LogP contribution < -0.4 is 19.4 Å². The van der Waals surface area contributed by atoms with E-state index in [2.05, 4.69) is 10.2 Å². The fraction of sp³-hybridized carbons (Fsp3) is 0.200. The van der Waals surface area contributed by atoms with E-state index in [0.29, 0.717) is 17.2 Å². The minimum absolute atomic E-state index is 0.580. The van der Waals surface area contributed by atoms with Crippen LogP contribution in [-0.2, 0) is 0 Å². The summed E-state index contributed by atoms with van der Waals surface area (Å²) in [7, 11) is 8.38. The quantitative estimate of drug-likeness (QED) is 0.798. The van der Waals surface area contributed by atoms with E-state index in [4.69, 9.17) is 14.2 Å². The number of hydrogen-bond acceptors (Lipinski definition) is 3. The van der Waals surface area contributed by atoms with Gasteiger partial charge in [-0.1, -0.05) is 30.3 Å². The molecule has 0 fully saturated rings. The maximum atomic E-state index is 5.49. The van der Waals surface area contributed by atoms with Crippen molar-refractivity contribution in [3.8, 4) is 28.4 Å². The number of methoxy groups -OCH3 is 3. The molecule has 0 N–H and O–H groups in total. The van der Waals surface area contributed by atoms with Crippen LogP contribution in [0.15, 0.2) is 36.4 Å². The normalized spacial score (nSPS) is 10.1. The first kappa shape index (κ1) is 13.5. The molecule has 2 aromatic carbocycles. The van der Waals surface area contributed by atoms with Crippen LogP contribution in [0.25, 0.3) is 11.1 Å². The lowest BCUT2D eigenvalue weighted by atomic mass is 10.0. The molecular formula is C15H15O3Si. The molecule has 0 aliphatic carbocycles. The van der Waals surface area contributed by atoms with Gasteiger partial charge in [-0.2, -0.15) is 0 Å². The molecule has 97 valence electrons. The van der Waals surface area contributed by atoms with Crippen molar-refractivity contribution < 1.29 is 14.2 Å². The SMILES string of the molecule is COc1c([Si])cc(-c2ccccc2)c(OC)c1OC. The Balaban J connectivity index is 2.72. The van der Waals surface area contributed by atoms with E-state index in [0.717, 1.165) is 16.3 Å². The Labute approximate surface area is 116 Å². The first-order valence-corrected chi connectivity index (χ1v) is 6.33. The van der Waals surface area contributed by atoms with E-state index in [-0.39, 0.29) is 0 Å². The van der Waals surface area contributed by atoms with Crippen molar-refractivity contribution in [3.05, 3.63) is 36.4 Å². The Morgan fingerprint density at radius 2 is 1.37 bits per heavy atom. The topological polar surface area (TPSA) is 27.7 Å². The molecule has 3 radical (unpaired) electrons. The molecule has 0 heterocycles. The highest BCUT2D eigenvalue weighted by atomic mass is 28.1. The van der Waals surface area contributed by atoms with Crippen molar-refractivity contribution in [2.75, 3.05) is 21.3 Å². The highest BCUT2D eigenvalue weighted by molar-refractivity contribution is 6.35. The van der Waals surface area contributed by atoms with E-state index >= 15 is 0 Å². The summed E-state index contributed by atoms with van der Waals surface area (Å²) in [5.41, 5.74) is 2.01. The largest absolute Gasteiger partial charge is 0.493 e. The highest BCUT2D eigenvalue weighted by Gasteiger charge is 2.19. The van der Waals surface area contributed by atoms with Crippen molar-refractivity contribution in [1.82, 2.24) is 0 Å². The minimum atomic E-state index is 0.580. The van der Waals surface area contributed by atoms with Crippen molar-refractivity contribution in [1.29, 1.82) is 0 Å². The molecule has 0 unspecified atom stereocenters. The summed E-state index contributed by atoms with van der Waals surface area (Å²) < 4.78 is 16.3. The number of rotatable bonds is 4. The second-order valence-electron chi connectivity index (χ2n) is 3.94. The smallest absolute Gasteiger partial charge is 0.203 e. The molecule has 0 saturated carbocycles. The maximum absolute atomic E-state index is 5.49. The molecule has 0 aliphatic heterocycles. The van der Waals surface area contributed by atoms with Gasteiger partial charge in [0.1, 0.15) is 0 Å². The third-order valence-electron chi connectivity index (χ3n) is 2.89. The molecule has 2 rings (SSSR count).